The molecule has 5 rings (SSSR count). The Hall–Kier alpha value is -2.47. The van der Waals surface area contributed by atoms with Gasteiger partial charge in [-0.3, -0.25) is 4.90 Å². The van der Waals surface area contributed by atoms with Crippen LogP contribution in [0.3, 0.4) is 0 Å². The molecule has 0 radical (unpaired) electrons. The highest BCUT2D eigenvalue weighted by Gasteiger charge is 2.20. The Bertz CT molecular complexity index is 1090. The first-order valence-corrected chi connectivity index (χ1v) is 10.5. The first kappa shape index (κ1) is 17.6. The van der Waals surface area contributed by atoms with Crippen LogP contribution in [0, 0.1) is 0 Å². The minimum Gasteiger partial charge on any atom is -0.460 e. The lowest BCUT2D eigenvalue weighted by atomic mass is 10.1. The molecule has 0 aliphatic carbocycles. The van der Waals surface area contributed by atoms with Crippen molar-refractivity contribution < 1.29 is 4.42 Å². The molecule has 4 nitrogen and oxygen atoms in total. The molecule has 1 aliphatic heterocycles. The largest absolute Gasteiger partial charge is 0.460 e. The van der Waals surface area contributed by atoms with E-state index < -0.39 is 0 Å². The number of furan rings is 1. The molecule has 0 amide bonds. The van der Waals surface area contributed by atoms with Crippen LogP contribution in [0.1, 0.15) is 17.0 Å². The summed E-state index contributed by atoms with van der Waals surface area (Å²) in [6, 6.07) is 13.9. The molecule has 140 valence electrons. The lowest BCUT2D eigenvalue weighted by Crippen LogP contribution is -2.30. The Balaban J connectivity index is 1.30. The molecule has 28 heavy (non-hydrogen) atoms. The number of thiophene rings is 1. The van der Waals surface area contributed by atoms with E-state index >= 15 is 0 Å². The van der Waals surface area contributed by atoms with Crippen molar-refractivity contribution in [3.05, 3.63) is 81.5 Å². The normalized spacial score (nSPS) is 14.2. The van der Waals surface area contributed by atoms with Gasteiger partial charge in [-0.15, -0.1) is 0 Å². The Kier molecular flexibility index (Phi) is 4.72. The highest BCUT2D eigenvalue weighted by molar-refractivity contribution is 7.08. The van der Waals surface area contributed by atoms with Crippen LogP contribution < -0.4 is 0 Å². The summed E-state index contributed by atoms with van der Waals surface area (Å²) in [5.41, 5.74) is 4.46. The quantitative estimate of drug-likeness (QED) is 0.436. The third-order valence-corrected chi connectivity index (χ3v) is 5.90. The number of aromatic nitrogens is 2. The SMILES string of the molecule is Clc1ccc(-c2ncc3c(n2)CCN(Cc2ccc(-c4ccsc4)o2)C3)cc1. The third kappa shape index (κ3) is 3.61. The van der Waals surface area contributed by atoms with Gasteiger partial charge >= 0.3 is 0 Å². The van der Waals surface area contributed by atoms with Crippen molar-refractivity contribution in [3.8, 4) is 22.7 Å². The molecule has 6 heteroatoms. The first-order chi connectivity index (χ1) is 13.7. The van der Waals surface area contributed by atoms with Crippen LogP contribution in [0.25, 0.3) is 22.7 Å². The minimum atomic E-state index is 0.720. The molecule has 0 bridgehead atoms. The van der Waals surface area contributed by atoms with Crippen molar-refractivity contribution in [1.82, 2.24) is 14.9 Å². The summed E-state index contributed by atoms with van der Waals surface area (Å²) < 4.78 is 6.03. The van der Waals surface area contributed by atoms with Crippen molar-refractivity contribution >= 4 is 22.9 Å². The standard InChI is InChI=1S/C22H18ClN3OS/c23-18-3-1-15(2-4-18)22-24-11-17-12-26(9-7-20(17)25-22)13-19-5-6-21(27-19)16-8-10-28-14-16/h1-6,8,10-11,14H,7,9,12-13H2. The molecule has 0 saturated heterocycles. The summed E-state index contributed by atoms with van der Waals surface area (Å²) in [7, 11) is 0. The van der Waals surface area contributed by atoms with Crippen LogP contribution >= 0.6 is 22.9 Å². The van der Waals surface area contributed by atoms with Gasteiger partial charge in [0.15, 0.2) is 5.82 Å². The van der Waals surface area contributed by atoms with Crippen LogP contribution in [0.5, 0.6) is 0 Å². The smallest absolute Gasteiger partial charge is 0.159 e. The van der Waals surface area contributed by atoms with Gasteiger partial charge in [0.2, 0.25) is 0 Å². The summed E-state index contributed by atoms with van der Waals surface area (Å²) in [6.07, 6.45) is 2.87. The number of rotatable bonds is 4. The number of hydrogen-bond acceptors (Lipinski definition) is 5. The topological polar surface area (TPSA) is 42.2 Å². The highest BCUT2D eigenvalue weighted by atomic mass is 35.5. The molecule has 0 saturated carbocycles. The van der Waals surface area contributed by atoms with Crippen molar-refractivity contribution in [2.45, 2.75) is 19.5 Å². The van der Waals surface area contributed by atoms with Crippen LogP contribution in [-0.4, -0.2) is 21.4 Å². The Morgan fingerprint density at radius 3 is 2.79 bits per heavy atom. The third-order valence-electron chi connectivity index (χ3n) is 4.96. The predicted molar refractivity (Wildman–Crippen MR) is 112 cm³/mol. The molecule has 4 aromatic rings. The molecule has 0 atom stereocenters. The molecule has 0 unspecified atom stereocenters. The first-order valence-electron chi connectivity index (χ1n) is 9.19. The molecular weight excluding hydrogens is 390 g/mol. The number of fused-ring (bicyclic) bond motifs is 1. The molecule has 0 N–H and O–H groups in total. The lowest BCUT2D eigenvalue weighted by molar-refractivity contribution is 0.224. The lowest BCUT2D eigenvalue weighted by Gasteiger charge is -2.27. The zero-order valence-corrected chi connectivity index (χ0v) is 16.7. The fraction of sp³-hybridized carbons (Fsp3) is 0.182. The van der Waals surface area contributed by atoms with Crippen molar-refractivity contribution in [1.29, 1.82) is 0 Å². The van der Waals surface area contributed by atoms with Gasteiger partial charge in [-0.05, 0) is 47.8 Å². The van der Waals surface area contributed by atoms with Gasteiger partial charge in [-0.2, -0.15) is 11.3 Å². The molecule has 3 aromatic heterocycles. The van der Waals surface area contributed by atoms with Crippen LogP contribution in [-0.2, 0) is 19.5 Å². The van der Waals surface area contributed by atoms with Crippen molar-refractivity contribution in [2.24, 2.45) is 0 Å². The summed E-state index contributed by atoms with van der Waals surface area (Å²) in [6.45, 7) is 2.59. The van der Waals surface area contributed by atoms with E-state index in [1.165, 1.54) is 5.56 Å². The summed E-state index contributed by atoms with van der Waals surface area (Å²) in [5.74, 6) is 2.68. The maximum Gasteiger partial charge on any atom is 0.159 e. The van der Waals surface area contributed by atoms with Gasteiger partial charge in [0.05, 0.1) is 12.2 Å². The zero-order valence-electron chi connectivity index (χ0n) is 15.1. The molecule has 1 aliphatic rings. The van der Waals surface area contributed by atoms with Crippen molar-refractivity contribution in [3.63, 3.8) is 0 Å². The fourth-order valence-electron chi connectivity index (χ4n) is 3.49. The van der Waals surface area contributed by atoms with E-state index in [9.17, 15) is 0 Å². The van der Waals surface area contributed by atoms with Crippen LogP contribution in [0.4, 0.5) is 0 Å². The van der Waals surface area contributed by atoms with E-state index in [0.29, 0.717) is 0 Å². The monoisotopic (exact) mass is 407 g/mol. The minimum absolute atomic E-state index is 0.720. The van der Waals surface area contributed by atoms with Gasteiger partial charge < -0.3 is 4.42 Å². The number of hydrogen-bond donors (Lipinski definition) is 0. The molecular formula is C22H18ClN3OS. The second kappa shape index (κ2) is 7.51. The second-order valence-corrected chi connectivity index (χ2v) is 8.13. The number of nitrogens with zero attached hydrogens (tertiary/aromatic N) is 3. The van der Waals surface area contributed by atoms with Gasteiger partial charge in [-0.25, -0.2) is 9.97 Å². The Labute approximate surface area is 172 Å². The predicted octanol–water partition coefficient (Wildman–Crippen LogP) is 5.68. The van der Waals surface area contributed by atoms with Gasteiger partial charge in [0.1, 0.15) is 11.5 Å². The van der Waals surface area contributed by atoms with Gasteiger partial charge in [0.25, 0.3) is 0 Å². The second-order valence-electron chi connectivity index (χ2n) is 6.91. The van der Waals surface area contributed by atoms with E-state index in [1.54, 1.807) is 11.3 Å². The average molecular weight is 408 g/mol. The van der Waals surface area contributed by atoms with E-state index in [1.807, 2.05) is 30.5 Å². The Morgan fingerprint density at radius 2 is 1.96 bits per heavy atom. The number of halogens is 1. The van der Waals surface area contributed by atoms with E-state index in [0.717, 1.165) is 65.2 Å². The maximum atomic E-state index is 6.03. The summed E-state index contributed by atoms with van der Waals surface area (Å²) in [4.78, 5) is 11.7. The molecule has 4 heterocycles. The summed E-state index contributed by atoms with van der Waals surface area (Å²) in [5, 5.41) is 4.89. The molecule has 0 spiro atoms. The summed E-state index contributed by atoms with van der Waals surface area (Å²) >= 11 is 7.65. The fourth-order valence-corrected chi connectivity index (χ4v) is 4.26. The highest BCUT2D eigenvalue weighted by Crippen LogP contribution is 2.27. The maximum absolute atomic E-state index is 6.03. The van der Waals surface area contributed by atoms with Gasteiger partial charge in [0, 0.05) is 52.8 Å². The Morgan fingerprint density at radius 1 is 1.07 bits per heavy atom. The average Bonchev–Trinajstić information content (AvgIpc) is 3.40. The zero-order chi connectivity index (χ0) is 18.9. The van der Waals surface area contributed by atoms with E-state index in [-0.39, 0.29) is 0 Å². The van der Waals surface area contributed by atoms with Gasteiger partial charge in [-0.1, -0.05) is 11.6 Å². The van der Waals surface area contributed by atoms with Crippen molar-refractivity contribution in [2.75, 3.05) is 6.54 Å². The number of benzene rings is 1. The van der Waals surface area contributed by atoms with E-state index in [2.05, 4.69) is 38.8 Å². The van der Waals surface area contributed by atoms with Crippen LogP contribution in [0.15, 0.2) is 63.8 Å². The van der Waals surface area contributed by atoms with E-state index in [4.69, 9.17) is 21.0 Å². The van der Waals surface area contributed by atoms with Crippen LogP contribution in [0.2, 0.25) is 5.02 Å². The molecule has 1 aromatic carbocycles. The molecule has 0 fully saturated rings.